The molecular formula is C21H26ClFN4O3S. The molecule has 1 heterocycles. The third-order valence-corrected chi connectivity index (χ3v) is 6.85. The molecule has 1 aliphatic rings. The van der Waals surface area contributed by atoms with Crippen molar-refractivity contribution in [3.05, 3.63) is 58.4 Å². The van der Waals surface area contributed by atoms with E-state index >= 15 is 0 Å². The SMILES string of the molecule is Cc1cccc(-c2cc(Cl)c(F)c(C(=O)NNS(=O)(=O)CC3CN(C)CCN3C)c2)c1. The first-order chi connectivity index (χ1) is 14.6. The van der Waals surface area contributed by atoms with Crippen LogP contribution in [0.3, 0.4) is 0 Å². The molecule has 2 N–H and O–H groups in total. The van der Waals surface area contributed by atoms with Gasteiger partial charge in [-0.1, -0.05) is 41.4 Å². The van der Waals surface area contributed by atoms with E-state index in [4.69, 9.17) is 11.6 Å². The molecule has 1 unspecified atom stereocenters. The smallest absolute Gasteiger partial charge is 0.269 e. The van der Waals surface area contributed by atoms with E-state index in [1.807, 2.05) is 55.1 Å². The maximum atomic E-state index is 14.5. The highest BCUT2D eigenvalue weighted by Gasteiger charge is 2.28. The van der Waals surface area contributed by atoms with Crippen LogP contribution in [0.5, 0.6) is 0 Å². The number of halogens is 2. The number of piperazine rings is 1. The summed E-state index contributed by atoms with van der Waals surface area (Å²) in [5, 5.41) is -0.223. The first-order valence-electron chi connectivity index (χ1n) is 9.80. The van der Waals surface area contributed by atoms with Gasteiger partial charge in [-0.25, -0.2) is 12.8 Å². The predicted molar refractivity (Wildman–Crippen MR) is 120 cm³/mol. The number of amides is 1. The van der Waals surface area contributed by atoms with Gasteiger partial charge in [-0.3, -0.25) is 15.1 Å². The van der Waals surface area contributed by atoms with E-state index < -0.39 is 21.7 Å². The van der Waals surface area contributed by atoms with Gasteiger partial charge in [-0.05, 0) is 44.3 Å². The number of rotatable bonds is 6. The van der Waals surface area contributed by atoms with Crippen LogP contribution in [0.4, 0.5) is 4.39 Å². The molecule has 0 saturated carbocycles. The van der Waals surface area contributed by atoms with Crippen molar-refractivity contribution < 1.29 is 17.6 Å². The number of hydrogen-bond donors (Lipinski definition) is 2. The summed E-state index contributed by atoms with van der Waals surface area (Å²) < 4.78 is 39.5. The van der Waals surface area contributed by atoms with Gasteiger partial charge in [-0.2, -0.15) is 0 Å². The molecule has 0 radical (unpaired) electrons. The molecule has 0 aliphatic carbocycles. The number of aryl methyl sites for hydroxylation is 1. The second-order valence-electron chi connectivity index (χ2n) is 7.92. The average molecular weight is 469 g/mol. The number of hydrazine groups is 1. The fraction of sp³-hybridized carbons (Fsp3) is 0.381. The normalized spacial score (nSPS) is 18.2. The lowest BCUT2D eigenvalue weighted by Gasteiger charge is -2.37. The van der Waals surface area contributed by atoms with Gasteiger partial charge in [0.2, 0.25) is 10.0 Å². The van der Waals surface area contributed by atoms with Gasteiger partial charge >= 0.3 is 0 Å². The molecule has 1 amide bonds. The number of carbonyl (C=O) groups is 1. The summed E-state index contributed by atoms with van der Waals surface area (Å²) in [4.78, 5) is 18.7. The van der Waals surface area contributed by atoms with Gasteiger partial charge < -0.3 is 4.90 Å². The van der Waals surface area contributed by atoms with Gasteiger partial charge in [0.1, 0.15) is 0 Å². The maximum Gasteiger partial charge on any atom is 0.269 e. The minimum absolute atomic E-state index is 0.194. The molecule has 3 rings (SSSR count). The van der Waals surface area contributed by atoms with Crippen molar-refractivity contribution in [1.29, 1.82) is 0 Å². The van der Waals surface area contributed by atoms with E-state index in [0.29, 0.717) is 12.1 Å². The van der Waals surface area contributed by atoms with Crippen molar-refractivity contribution in [2.24, 2.45) is 0 Å². The summed E-state index contributed by atoms with van der Waals surface area (Å²) in [5.41, 5.74) is 4.07. The van der Waals surface area contributed by atoms with Crippen LogP contribution in [-0.2, 0) is 10.0 Å². The van der Waals surface area contributed by atoms with Crippen molar-refractivity contribution in [3.8, 4) is 11.1 Å². The Morgan fingerprint density at radius 2 is 1.94 bits per heavy atom. The lowest BCUT2D eigenvalue weighted by molar-refractivity contribution is 0.0940. The molecule has 168 valence electrons. The zero-order valence-electron chi connectivity index (χ0n) is 17.7. The molecule has 1 atom stereocenters. The van der Waals surface area contributed by atoms with Crippen LogP contribution in [0.2, 0.25) is 5.02 Å². The van der Waals surface area contributed by atoms with E-state index in [-0.39, 0.29) is 22.4 Å². The first-order valence-corrected chi connectivity index (χ1v) is 11.8. The van der Waals surface area contributed by atoms with Crippen molar-refractivity contribution in [2.45, 2.75) is 13.0 Å². The number of nitrogens with zero attached hydrogens (tertiary/aromatic N) is 2. The van der Waals surface area contributed by atoms with Crippen molar-refractivity contribution in [1.82, 2.24) is 20.1 Å². The Morgan fingerprint density at radius 3 is 2.65 bits per heavy atom. The first kappa shape index (κ1) is 23.6. The molecule has 2 aromatic carbocycles. The summed E-state index contributed by atoms with van der Waals surface area (Å²) >= 11 is 6.00. The Bertz CT molecular complexity index is 1080. The molecule has 1 aliphatic heterocycles. The minimum atomic E-state index is -3.84. The third-order valence-electron chi connectivity index (χ3n) is 5.34. The lowest BCUT2D eigenvalue weighted by atomic mass is 10.0. The monoisotopic (exact) mass is 468 g/mol. The van der Waals surface area contributed by atoms with Crippen molar-refractivity contribution in [2.75, 3.05) is 39.5 Å². The minimum Gasteiger partial charge on any atom is -0.304 e. The molecule has 7 nitrogen and oxygen atoms in total. The summed E-state index contributed by atoms with van der Waals surface area (Å²) in [6, 6.07) is 10.0. The molecular weight excluding hydrogens is 443 g/mol. The van der Waals surface area contributed by atoms with E-state index in [2.05, 4.69) is 10.3 Å². The number of hydrogen-bond acceptors (Lipinski definition) is 5. The summed E-state index contributed by atoms with van der Waals surface area (Å²) in [6.07, 6.45) is 0. The van der Waals surface area contributed by atoms with Gasteiger partial charge in [0.05, 0.1) is 16.3 Å². The van der Waals surface area contributed by atoms with Crippen LogP contribution in [0, 0.1) is 12.7 Å². The van der Waals surface area contributed by atoms with E-state index in [1.54, 1.807) is 0 Å². The zero-order valence-corrected chi connectivity index (χ0v) is 19.2. The topological polar surface area (TPSA) is 81.8 Å². The van der Waals surface area contributed by atoms with Gasteiger partial charge in [0.15, 0.2) is 5.82 Å². The van der Waals surface area contributed by atoms with E-state index in [0.717, 1.165) is 24.2 Å². The summed E-state index contributed by atoms with van der Waals surface area (Å²) in [7, 11) is -0.0500. The number of likely N-dealkylation sites (N-methyl/N-ethyl adjacent to an activating group) is 2. The van der Waals surface area contributed by atoms with Crippen LogP contribution in [0.1, 0.15) is 15.9 Å². The number of sulfonamides is 1. The van der Waals surface area contributed by atoms with Gasteiger partial charge in [0.25, 0.3) is 5.91 Å². The van der Waals surface area contributed by atoms with E-state index in [1.165, 1.54) is 12.1 Å². The van der Waals surface area contributed by atoms with Crippen LogP contribution in [-0.4, -0.2) is 69.6 Å². The third kappa shape index (κ3) is 6.02. The zero-order chi connectivity index (χ0) is 22.8. The second-order valence-corrected chi connectivity index (χ2v) is 10.1. The molecule has 10 heteroatoms. The van der Waals surface area contributed by atoms with Crippen LogP contribution in [0.25, 0.3) is 11.1 Å². The molecule has 2 aromatic rings. The Balaban J connectivity index is 1.74. The van der Waals surface area contributed by atoms with Crippen molar-refractivity contribution >= 4 is 27.5 Å². The van der Waals surface area contributed by atoms with Crippen molar-refractivity contribution in [3.63, 3.8) is 0 Å². The highest BCUT2D eigenvalue weighted by atomic mass is 35.5. The molecule has 0 aromatic heterocycles. The molecule has 1 fully saturated rings. The number of nitrogens with one attached hydrogen (secondary N) is 2. The Morgan fingerprint density at radius 1 is 1.19 bits per heavy atom. The Labute approximate surface area is 187 Å². The number of benzene rings is 2. The second kappa shape index (κ2) is 9.62. The number of carbonyl (C=O) groups excluding carboxylic acids is 1. The van der Waals surface area contributed by atoms with E-state index in [9.17, 15) is 17.6 Å². The summed E-state index contributed by atoms with van der Waals surface area (Å²) in [5.74, 6) is -2.03. The van der Waals surface area contributed by atoms with Crippen LogP contribution >= 0.6 is 11.6 Å². The predicted octanol–water partition coefficient (Wildman–Crippen LogP) is 2.26. The molecule has 0 spiro atoms. The highest BCUT2D eigenvalue weighted by molar-refractivity contribution is 7.89. The molecule has 0 bridgehead atoms. The Kier molecular flexibility index (Phi) is 7.33. The quantitative estimate of drug-likeness (QED) is 0.635. The summed E-state index contributed by atoms with van der Waals surface area (Å²) in [6.45, 7) is 4.11. The van der Waals surface area contributed by atoms with Gasteiger partial charge in [-0.15, -0.1) is 4.83 Å². The Hall–Kier alpha value is -2.04. The van der Waals surface area contributed by atoms with Crippen LogP contribution < -0.4 is 10.3 Å². The largest absolute Gasteiger partial charge is 0.304 e. The molecule has 31 heavy (non-hydrogen) atoms. The maximum absolute atomic E-state index is 14.5. The fourth-order valence-electron chi connectivity index (χ4n) is 3.51. The molecule has 1 saturated heterocycles. The lowest BCUT2D eigenvalue weighted by Crippen LogP contribution is -2.55. The standard InChI is InChI=1S/C21H26ClFN4O3S/c1-14-5-4-6-15(9-14)16-10-18(20(23)19(22)11-16)21(28)24-25-31(29,30)13-17-12-26(2)7-8-27(17)3/h4-6,9-11,17,25H,7-8,12-13H2,1-3H3,(H,24,28). The highest BCUT2D eigenvalue weighted by Crippen LogP contribution is 2.28. The fourth-order valence-corrected chi connectivity index (χ4v) is 4.93. The average Bonchev–Trinajstić information content (AvgIpc) is 2.70. The van der Waals surface area contributed by atoms with Crippen LogP contribution in [0.15, 0.2) is 36.4 Å². The van der Waals surface area contributed by atoms with Gasteiger partial charge in [0, 0.05) is 25.7 Å².